The fourth-order valence-electron chi connectivity index (χ4n) is 2.01. The molecular weight excluding hydrogens is 248 g/mol. The first-order chi connectivity index (χ1) is 8.57. The number of halogens is 1. The number of rotatable bonds is 6. The lowest BCUT2D eigenvalue weighted by molar-refractivity contribution is -0.0712. The molecule has 0 atom stereocenters. The molecule has 100 valence electrons. The Hall–Kier alpha value is -0.610. The van der Waals surface area contributed by atoms with E-state index in [2.05, 4.69) is 36.3 Å². The lowest BCUT2D eigenvalue weighted by Crippen LogP contribution is -2.59. The van der Waals surface area contributed by atoms with Crippen molar-refractivity contribution in [1.82, 2.24) is 10.2 Å². The van der Waals surface area contributed by atoms with Gasteiger partial charge in [-0.25, -0.2) is 0 Å². The van der Waals surface area contributed by atoms with Crippen LogP contribution in [0.3, 0.4) is 0 Å². The van der Waals surface area contributed by atoms with Crippen LogP contribution in [0.25, 0.3) is 0 Å². The van der Waals surface area contributed by atoms with E-state index in [4.69, 9.17) is 16.3 Å². The van der Waals surface area contributed by atoms with Crippen LogP contribution in [-0.2, 0) is 11.3 Å². The van der Waals surface area contributed by atoms with Crippen LogP contribution in [-0.4, -0.2) is 43.8 Å². The van der Waals surface area contributed by atoms with E-state index in [1.165, 1.54) is 5.56 Å². The van der Waals surface area contributed by atoms with Crippen molar-refractivity contribution in [2.45, 2.75) is 19.1 Å². The molecule has 4 heteroatoms. The predicted octanol–water partition coefficient (Wildman–Crippen LogP) is 2.15. The summed E-state index contributed by atoms with van der Waals surface area (Å²) < 4.78 is 5.87. The van der Waals surface area contributed by atoms with Gasteiger partial charge in [-0.05, 0) is 31.7 Å². The number of benzene rings is 1. The summed E-state index contributed by atoms with van der Waals surface area (Å²) in [5, 5.41) is 4.02. The van der Waals surface area contributed by atoms with Crippen molar-refractivity contribution >= 4 is 11.6 Å². The van der Waals surface area contributed by atoms with Crippen molar-refractivity contribution < 1.29 is 4.74 Å². The molecule has 1 saturated heterocycles. The third-order valence-electron chi connectivity index (χ3n) is 3.29. The van der Waals surface area contributed by atoms with Gasteiger partial charge in [0.2, 0.25) is 0 Å². The Labute approximate surface area is 114 Å². The van der Waals surface area contributed by atoms with Gasteiger partial charge in [0, 0.05) is 31.2 Å². The lowest BCUT2D eigenvalue weighted by Gasteiger charge is -2.39. The van der Waals surface area contributed by atoms with Crippen molar-refractivity contribution in [3.63, 3.8) is 0 Å². The molecule has 0 bridgehead atoms. The number of ether oxygens (including phenoxy) is 1. The molecule has 0 spiro atoms. The van der Waals surface area contributed by atoms with Gasteiger partial charge >= 0.3 is 0 Å². The van der Waals surface area contributed by atoms with Crippen LogP contribution in [0.5, 0.6) is 0 Å². The number of likely N-dealkylation sites (N-methyl/N-ethyl adjacent to an activating group) is 1. The van der Waals surface area contributed by atoms with Gasteiger partial charge in [0.1, 0.15) is 0 Å². The van der Waals surface area contributed by atoms with Gasteiger partial charge in [0.05, 0.1) is 12.2 Å². The molecule has 1 N–H and O–H groups in total. The Morgan fingerprint density at radius 3 is 2.56 bits per heavy atom. The van der Waals surface area contributed by atoms with Crippen molar-refractivity contribution in [2.24, 2.45) is 0 Å². The zero-order valence-corrected chi connectivity index (χ0v) is 11.8. The van der Waals surface area contributed by atoms with Crippen LogP contribution in [0.2, 0.25) is 5.02 Å². The Morgan fingerprint density at radius 2 is 2.00 bits per heavy atom. The predicted molar refractivity (Wildman–Crippen MR) is 75.0 cm³/mol. The first kappa shape index (κ1) is 13.8. The molecule has 0 amide bonds. The molecule has 0 saturated carbocycles. The van der Waals surface area contributed by atoms with E-state index >= 15 is 0 Å². The average molecular weight is 269 g/mol. The van der Waals surface area contributed by atoms with Crippen molar-refractivity contribution in [3.8, 4) is 0 Å². The van der Waals surface area contributed by atoms with Crippen molar-refractivity contribution in [3.05, 3.63) is 34.9 Å². The Kier molecular flexibility index (Phi) is 4.62. The van der Waals surface area contributed by atoms with Gasteiger partial charge < -0.3 is 10.1 Å². The Morgan fingerprint density at radius 1 is 1.33 bits per heavy atom. The molecule has 0 aromatic heterocycles. The fraction of sp³-hybridized carbons (Fsp3) is 0.571. The van der Waals surface area contributed by atoms with Gasteiger partial charge in [0.15, 0.2) is 0 Å². The first-order valence-corrected chi connectivity index (χ1v) is 6.73. The van der Waals surface area contributed by atoms with Gasteiger partial charge in [-0.15, -0.1) is 0 Å². The minimum absolute atomic E-state index is 0.0567. The van der Waals surface area contributed by atoms with E-state index in [0.29, 0.717) is 0 Å². The highest BCUT2D eigenvalue weighted by atomic mass is 35.5. The summed E-state index contributed by atoms with van der Waals surface area (Å²) in [6.07, 6.45) is 0. The maximum atomic E-state index is 5.87. The smallest absolute Gasteiger partial charge is 0.0902 e. The van der Waals surface area contributed by atoms with E-state index in [0.717, 1.165) is 37.8 Å². The van der Waals surface area contributed by atoms with E-state index in [1.807, 2.05) is 12.1 Å². The molecule has 1 aromatic carbocycles. The van der Waals surface area contributed by atoms with Crippen LogP contribution in [0.15, 0.2) is 24.3 Å². The highest BCUT2D eigenvalue weighted by molar-refractivity contribution is 6.30. The summed E-state index contributed by atoms with van der Waals surface area (Å²) in [6, 6.07) is 8.00. The normalized spacial score (nSPS) is 17.8. The van der Waals surface area contributed by atoms with Gasteiger partial charge in [0.25, 0.3) is 0 Å². The topological polar surface area (TPSA) is 24.5 Å². The van der Waals surface area contributed by atoms with E-state index in [1.54, 1.807) is 0 Å². The van der Waals surface area contributed by atoms with Crippen LogP contribution in [0, 0.1) is 0 Å². The molecule has 1 heterocycles. The molecule has 18 heavy (non-hydrogen) atoms. The molecule has 1 aliphatic rings. The third kappa shape index (κ3) is 3.95. The number of hydrogen-bond donors (Lipinski definition) is 1. The second-order valence-electron chi connectivity index (χ2n) is 5.27. The van der Waals surface area contributed by atoms with Crippen molar-refractivity contribution in [2.75, 3.05) is 33.3 Å². The van der Waals surface area contributed by atoms with E-state index in [9.17, 15) is 0 Å². The SMILES string of the molecule is CN(CCOC1(C)CNC1)Cc1ccc(Cl)cc1. The Bertz CT molecular complexity index is 376. The van der Waals surface area contributed by atoms with Crippen LogP contribution in [0.4, 0.5) is 0 Å². The number of nitrogens with zero attached hydrogens (tertiary/aromatic N) is 1. The average Bonchev–Trinajstić information content (AvgIpc) is 2.30. The van der Waals surface area contributed by atoms with E-state index in [-0.39, 0.29) is 5.60 Å². The highest BCUT2D eigenvalue weighted by Crippen LogP contribution is 2.15. The maximum absolute atomic E-state index is 5.87. The van der Waals surface area contributed by atoms with Gasteiger partial charge in [-0.2, -0.15) is 0 Å². The summed E-state index contributed by atoms with van der Waals surface area (Å²) in [7, 11) is 2.11. The monoisotopic (exact) mass is 268 g/mol. The lowest BCUT2D eigenvalue weighted by atomic mass is 10.0. The van der Waals surface area contributed by atoms with E-state index < -0.39 is 0 Å². The van der Waals surface area contributed by atoms with Crippen LogP contribution < -0.4 is 5.32 Å². The molecule has 1 fully saturated rings. The molecule has 3 nitrogen and oxygen atoms in total. The summed E-state index contributed by atoms with van der Waals surface area (Å²) >= 11 is 5.86. The number of nitrogens with one attached hydrogen (secondary N) is 1. The molecule has 1 aromatic rings. The maximum Gasteiger partial charge on any atom is 0.0902 e. The largest absolute Gasteiger partial charge is 0.371 e. The zero-order chi connectivity index (χ0) is 13.0. The van der Waals surface area contributed by atoms with Crippen molar-refractivity contribution in [1.29, 1.82) is 0 Å². The molecular formula is C14H21ClN2O. The third-order valence-corrected chi connectivity index (χ3v) is 3.54. The van der Waals surface area contributed by atoms with Crippen LogP contribution in [0.1, 0.15) is 12.5 Å². The number of hydrogen-bond acceptors (Lipinski definition) is 3. The minimum atomic E-state index is 0.0567. The minimum Gasteiger partial charge on any atom is -0.371 e. The standard InChI is InChI=1S/C14H21ClN2O/c1-14(10-16-11-14)18-8-7-17(2)9-12-3-5-13(15)6-4-12/h3-6,16H,7-11H2,1-2H3. The molecule has 0 unspecified atom stereocenters. The zero-order valence-electron chi connectivity index (χ0n) is 11.1. The second kappa shape index (κ2) is 6.02. The summed E-state index contributed by atoms with van der Waals surface area (Å²) in [6.45, 7) is 6.74. The molecule has 0 aliphatic carbocycles. The van der Waals surface area contributed by atoms with Gasteiger partial charge in [-0.1, -0.05) is 23.7 Å². The second-order valence-corrected chi connectivity index (χ2v) is 5.70. The van der Waals surface area contributed by atoms with Gasteiger partial charge in [-0.3, -0.25) is 4.90 Å². The quantitative estimate of drug-likeness (QED) is 0.856. The summed E-state index contributed by atoms with van der Waals surface area (Å²) in [4.78, 5) is 2.26. The molecule has 0 radical (unpaired) electrons. The summed E-state index contributed by atoms with van der Waals surface area (Å²) in [5.41, 5.74) is 1.33. The first-order valence-electron chi connectivity index (χ1n) is 6.35. The molecule has 1 aliphatic heterocycles. The molecule has 2 rings (SSSR count). The fourth-order valence-corrected chi connectivity index (χ4v) is 2.13. The van der Waals surface area contributed by atoms with Crippen LogP contribution >= 0.6 is 11.6 Å². The highest BCUT2D eigenvalue weighted by Gasteiger charge is 2.32. The summed E-state index contributed by atoms with van der Waals surface area (Å²) in [5.74, 6) is 0. The Balaban J connectivity index is 1.68.